The number of piperazine rings is 1. The first-order valence-electron chi connectivity index (χ1n) is 11.8. The van der Waals surface area contributed by atoms with Crippen LogP contribution in [0.3, 0.4) is 0 Å². The molecule has 12 heteroatoms. The number of nitrogens with one attached hydrogen (secondary N) is 2. The van der Waals surface area contributed by atoms with Gasteiger partial charge >= 0.3 is 6.09 Å². The molecule has 190 valence electrons. The number of hydrogen-bond acceptors (Lipinski definition) is 7. The first-order chi connectivity index (χ1) is 17.2. The van der Waals surface area contributed by atoms with Crippen molar-refractivity contribution in [2.75, 3.05) is 49.5 Å². The average Bonchev–Trinajstić information content (AvgIpc) is 3.37. The Bertz CT molecular complexity index is 1320. The van der Waals surface area contributed by atoms with Gasteiger partial charge in [0.2, 0.25) is 0 Å². The van der Waals surface area contributed by atoms with Crippen LogP contribution in [-0.2, 0) is 6.42 Å². The van der Waals surface area contributed by atoms with Gasteiger partial charge in [0, 0.05) is 63.5 Å². The Morgan fingerprint density at radius 1 is 1.22 bits per heavy atom. The molecule has 2 aromatic heterocycles. The molecule has 11 nitrogen and oxygen atoms in total. The van der Waals surface area contributed by atoms with Crippen LogP contribution in [0.2, 0.25) is 5.15 Å². The fourth-order valence-electron chi connectivity index (χ4n) is 4.73. The van der Waals surface area contributed by atoms with Crippen molar-refractivity contribution >= 4 is 40.6 Å². The van der Waals surface area contributed by atoms with Gasteiger partial charge in [0.1, 0.15) is 22.1 Å². The SMILES string of the molecule is CC1(C)Cc2cc(NC(=O)c3cnn4ccc(Cl)nc34)c(N3CCN(CCNC(=O)O)CC3)cc2O1. The van der Waals surface area contributed by atoms with E-state index in [2.05, 4.69) is 30.5 Å². The summed E-state index contributed by atoms with van der Waals surface area (Å²) in [6.07, 6.45) is 2.87. The second-order valence-electron chi connectivity index (χ2n) is 9.61. The predicted molar refractivity (Wildman–Crippen MR) is 135 cm³/mol. The molecular weight excluding hydrogens is 486 g/mol. The van der Waals surface area contributed by atoms with Crippen LogP contribution < -0.4 is 20.3 Å². The third kappa shape index (κ3) is 5.02. The maximum atomic E-state index is 13.3. The first kappa shape index (κ1) is 24.1. The summed E-state index contributed by atoms with van der Waals surface area (Å²) in [4.78, 5) is 32.7. The molecule has 0 aliphatic carbocycles. The molecule has 3 aromatic rings. The lowest BCUT2D eigenvalue weighted by molar-refractivity contribution is 0.102. The van der Waals surface area contributed by atoms with Gasteiger partial charge in [0.25, 0.3) is 5.91 Å². The quantitative estimate of drug-likeness (QED) is 0.430. The van der Waals surface area contributed by atoms with E-state index >= 15 is 0 Å². The third-order valence-electron chi connectivity index (χ3n) is 6.43. The maximum Gasteiger partial charge on any atom is 0.404 e. The topological polar surface area (TPSA) is 124 Å². The average molecular weight is 514 g/mol. The van der Waals surface area contributed by atoms with Crippen molar-refractivity contribution in [3.63, 3.8) is 0 Å². The number of aromatic nitrogens is 3. The summed E-state index contributed by atoms with van der Waals surface area (Å²) in [5.74, 6) is 0.503. The maximum absolute atomic E-state index is 13.3. The molecule has 0 unspecified atom stereocenters. The van der Waals surface area contributed by atoms with Crippen LogP contribution in [0.1, 0.15) is 29.8 Å². The van der Waals surface area contributed by atoms with Crippen molar-refractivity contribution in [2.24, 2.45) is 0 Å². The van der Waals surface area contributed by atoms with Crippen molar-refractivity contribution in [2.45, 2.75) is 25.9 Å². The first-order valence-corrected chi connectivity index (χ1v) is 12.2. The number of carboxylic acid groups (broad SMARTS) is 1. The van der Waals surface area contributed by atoms with E-state index in [1.54, 1.807) is 12.3 Å². The number of ether oxygens (including phenoxy) is 1. The fraction of sp³-hybridized carbons (Fsp3) is 0.417. The number of benzene rings is 1. The Hall–Kier alpha value is -3.57. The van der Waals surface area contributed by atoms with Crippen molar-refractivity contribution in [1.29, 1.82) is 0 Å². The summed E-state index contributed by atoms with van der Waals surface area (Å²) in [5, 5.41) is 18.8. The molecule has 2 aliphatic heterocycles. The normalized spacial score (nSPS) is 17.0. The fourth-order valence-corrected chi connectivity index (χ4v) is 4.87. The molecule has 0 atom stereocenters. The van der Waals surface area contributed by atoms with Gasteiger partial charge < -0.3 is 25.4 Å². The standard InChI is InChI=1S/C24H28ClN7O4/c1-24(2)13-15-11-17(28-22(33)16-14-27-32-5-3-20(25)29-21(16)32)18(12-19(15)36-24)31-9-7-30(8-10-31)6-4-26-23(34)35/h3,5,11-12,14,26H,4,6-10,13H2,1-2H3,(H,28,33)(H,34,35). The highest BCUT2D eigenvalue weighted by molar-refractivity contribution is 6.29. The number of fused-ring (bicyclic) bond motifs is 2. The van der Waals surface area contributed by atoms with Crippen LogP contribution in [0.4, 0.5) is 16.2 Å². The number of nitrogens with zero attached hydrogens (tertiary/aromatic N) is 5. The second kappa shape index (κ2) is 9.47. The van der Waals surface area contributed by atoms with Gasteiger partial charge in [0.05, 0.1) is 17.6 Å². The molecule has 0 bridgehead atoms. The summed E-state index contributed by atoms with van der Waals surface area (Å²) in [6.45, 7) is 8.12. The summed E-state index contributed by atoms with van der Waals surface area (Å²) < 4.78 is 7.69. The minimum Gasteiger partial charge on any atom is -0.487 e. The number of halogens is 1. The Morgan fingerprint density at radius 2 is 2.00 bits per heavy atom. The van der Waals surface area contributed by atoms with Gasteiger partial charge in [-0.2, -0.15) is 5.10 Å². The lowest BCUT2D eigenvalue weighted by Crippen LogP contribution is -2.48. The van der Waals surface area contributed by atoms with Crippen molar-refractivity contribution in [3.05, 3.63) is 46.9 Å². The van der Waals surface area contributed by atoms with Crippen molar-refractivity contribution in [3.8, 4) is 5.75 Å². The zero-order valence-electron chi connectivity index (χ0n) is 20.1. The van der Waals surface area contributed by atoms with Crippen LogP contribution in [0.15, 0.2) is 30.6 Å². The molecule has 3 N–H and O–H groups in total. The lowest BCUT2D eigenvalue weighted by atomic mass is 10.0. The number of hydrogen-bond donors (Lipinski definition) is 3. The molecule has 0 radical (unpaired) electrons. The zero-order valence-corrected chi connectivity index (χ0v) is 20.9. The molecule has 2 amide bonds. The minimum atomic E-state index is -1.02. The van der Waals surface area contributed by atoms with E-state index in [0.717, 1.165) is 49.6 Å². The lowest BCUT2D eigenvalue weighted by Gasteiger charge is -2.37. The predicted octanol–water partition coefficient (Wildman–Crippen LogP) is 2.74. The van der Waals surface area contributed by atoms with E-state index < -0.39 is 6.09 Å². The molecule has 4 heterocycles. The molecule has 0 saturated carbocycles. The Kier molecular flexibility index (Phi) is 6.35. The Labute approximate surface area is 213 Å². The van der Waals surface area contributed by atoms with Crippen molar-refractivity contribution in [1.82, 2.24) is 24.8 Å². The Morgan fingerprint density at radius 3 is 2.75 bits per heavy atom. The molecule has 1 aromatic carbocycles. The van der Waals surface area contributed by atoms with Gasteiger partial charge in [-0.3, -0.25) is 9.69 Å². The third-order valence-corrected chi connectivity index (χ3v) is 6.64. The minimum absolute atomic E-state index is 0.283. The van der Waals surface area contributed by atoms with E-state index in [1.807, 2.05) is 26.0 Å². The highest BCUT2D eigenvalue weighted by atomic mass is 35.5. The summed E-state index contributed by atoms with van der Waals surface area (Å²) in [5.41, 5.74) is 3.01. The molecule has 2 aliphatic rings. The van der Waals surface area contributed by atoms with Gasteiger partial charge in [-0.1, -0.05) is 11.6 Å². The Balaban J connectivity index is 1.39. The number of carbonyl (C=O) groups is 2. The second-order valence-corrected chi connectivity index (χ2v) is 9.99. The smallest absolute Gasteiger partial charge is 0.404 e. The van der Waals surface area contributed by atoms with Crippen LogP contribution in [-0.4, -0.2) is 81.5 Å². The summed E-state index contributed by atoms with van der Waals surface area (Å²) in [6, 6.07) is 5.61. The van der Waals surface area contributed by atoms with Gasteiger partial charge in [-0.15, -0.1) is 0 Å². The van der Waals surface area contributed by atoms with Crippen molar-refractivity contribution < 1.29 is 19.4 Å². The summed E-state index contributed by atoms with van der Waals surface area (Å²) >= 11 is 6.05. The molecule has 1 fully saturated rings. The molecule has 5 rings (SSSR count). The molecular formula is C24H28ClN7O4. The van der Waals surface area contributed by atoms with Gasteiger partial charge in [0.15, 0.2) is 5.65 Å². The summed E-state index contributed by atoms with van der Waals surface area (Å²) in [7, 11) is 0. The van der Waals surface area contributed by atoms with E-state index in [1.165, 1.54) is 10.7 Å². The number of amides is 2. The van der Waals surface area contributed by atoms with Crippen LogP contribution in [0.25, 0.3) is 5.65 Å². The number of carbonyl (C=O) groups excluding carboxylic acids is 1. The van der Waals surface area contributed by atoms with Gasteiger partial charge in [-0.25, -0.2) is 14.3 Å². The van der Waals surface area contributed by atoms with Crippen LogP contribution in [0, 0.1) is 0 Å². The molecule has 36 heavy (non-hydrogen) atoms. The highest BCUT2D eigenvalue weighted by Gasteiger charge is 2.32. The molecule has 0 spiro atoms. The monoisotopic (exact) mass is 513 g/mol. The molecule has 1 saturated heterocycles. The van der Waals surface area contributed by atoms with E-state index in [9.17, 15) is 9.59 Å². The van der Waals surface area contributed by atoms with Gasteiger partial charge in [-0.05, 0) is 26.0 Å². The number of anilines is 2. The van der Waals surface area contributed by atoms with E-state index in [-0.39, 0.29) is 16.7 Å². The zero-order chi connectivity index (χ0) is 25.4. The van der Waals surface area contributed by atoms with Crippen LogP contribution in [0.5, 0.6) is 5.75 Å². The van der Waals surface area contributed by atoms with E-state index in [4.69, 9.17) is 21.4 Å². The number of rotatable bonds is 6. The van der Waals surface area contributed by atoms with Crippen LogP contribution >= 0.6 is 11.6 Å². The largest absolute Gasteiger partial charge is 0.487 e. The van der Waals surface area contributed by atoms with E-state index in [0.29, 0.717) is 30.0 Å². The highest BCUT2D eigenvalue weighted by Crippen LogP contribution is 2.42.